The molecule has 0 saturated carbocycles. The SMILES string of the molecule is CCOc1cccc(SC(C)CO)c1N. The number of thioether (sulfide) groups is 1. The van der Waals surface area contributed by atoms with Gasteiger partial charge >= 0.3 is 0 Å². The molecule has 0 heterocycles. The van der Waals surface area contributed by atoms with Crippen molar-refractivity contribution in [2.24, 2.45) is 0 Å². The molecule has 84 valence electrons. The first kappa shape index (κ1) is 12.2. The summed E-state index contributed by atoms with van der Waals surface area (Å²) in [5, 5.41) is 9.11. The number of hydrogen-bond donors (Lipinski definition) is 2. The zero-order valence-corrected chi connectivity index (χ0v) is 9.88. The molecule has 0 aliphatic carbocycles. The molecule has 1 aromatic carbocycles. The zero-order chi connectivity index (χ0) is 11.3. The van der Waals surface area contributed by atoms with E-state index in [1.165, 1.54) is 0 Å². The standard InChI is InChI=1S/C11H17NO2S/c1-3-14-9-5-4-6-10(11(9)12)15-8(2)7-13/h4-6,8,13H,3,7,12H2,1-2H3. The van der Waals surface area contributed by atoms with Crippen molar-refractivity contribution in [3.63, 3.8) is 0 Å². The van der Waals surface area contributed by atoms with Crippen molar-refractivity contribution in [1.29, 1.82) is 0 Å². The molecule has 0 fully saturated rings. The summed E-state index contributed by atoms with van der Waals surface area (Å²) in [7, 11) is 0. The molecule has 1 rings (SSSR count). The lowest BCUT2D eigenvalue weighted by Crippen LogP contribution is -2.04. The third-order valence-corrected chi connectivity index (χ3v) is 3.07. The molecule has 1 atom stereocenters. The van der Waals surface area contributed by atoms with Gasteiger partial charge in [0.2, 0.25) is 0 Å². The predicted molar refractivity (Wildman–Crippen MR) is 64.4 cm³/mol. The Bertz CT molecular complexity index is 317. The molecule has 1 unspecified atom stereocenters. The van der Waals surface area contributed by atoms with E-state index in [4.69, 9.17) is 15.6 Å². The fourth-order valence-corrected chi connectivity index (χ4v) is 2.05. The Kier molecular flexibility index (Phi) is 4.78. The Morgan fingerprint density at radius 3 is 2.87 bits per heavy atom. The maximum atomic E-state index is 8.97. The van der Waals surface area contributed by atoms with E-state index in [1.54, 1.807) is 11.8 Å². The van der Waals surface area contributed by atoms with Crippen molar-refractivity contribution in [1.82, 2.24) is 0 Å². The molecule has 1 aromatic rings. The minimum atomic E-state index is 0.142. The first-order chi connectivity index (χ1) is 7.19. The van der Waals surface area contributed by atoms with Gasteiger partial charge in [-0.1, -0.05) is 13.0 Å². The molecule has 3 N–H and O–H groups in total. The number of ether oxygens (including phenoxy) is 1. The molecule has 0 spiro atoms. The van der Waals surface area contributed by atoms with E-state index >= 15 is 0 Å². The summed E-state index contributed by atoms with van der Waals surface area (Å²) >= 11 is 1.56. The first-order valence-corrected chi connectivity index (χ1v) is 5.85. The van der Waals surface area contributed by atoms with Gasteiger partial charge in [0, 0.05) is 10.1 Å². The van der Waals surface area contributed by atoms with E-state index in [-0.39, 0.29) is 11.9 Å². The van der Waals surface area contributed by atoms with Crippen molar-refractivity contribution in [3.8, 4) is 5.75 Å². The minimum absolute atomic E-state index is 0.142. The van der Waals surface area contributed by atoms with Crippen LogP contribution in [0.3, 0.4) is 0 Å². The molecule has 0 aromatic heterocycles. The molecule has 3 nitrogen and oxygen atoms in total. The summed E-state index contributed by atoms with van der Waals surface area (Å²) in [5.74, 6) is 0.715. The third-order valence-electron chi connectivity index (χ3n) is 1.91. The Hall–Kier alpha value is -0.870. The van der Waals surface area contributed by atoms with E-state index in [9.17, 15) is 0 Å². The van der Waals surface area contributed by atoms with Crippen LogP contribution in [0.25, 0.3) is 0 Å². The quantitative estimate of drug-likeness (QED) is 0.597. The smallest absolute Gasteiger partial charge is 0.143 e. The molecule has 0 bridgehead atoms. The molecule has 0 saturated heterocycles. The summed E-state index contributed by atoms with van der Waals surface area (Å²) in [6, 6.07) is 5.70. The van der Waals surface area contributed by atoms with Crippen LogP contribution in [-0.4, -0.2) is 23.6 Å². The number of aliphatic hydroxyl groups excluding tert-OH is 1. The van der Waals surface area contributed by atoms with E-state index < -0.39 is 0 Å². The number of nitrogen functional groups attached to an aromatic ring is 1. The molecule has 0 amide bonds. The highest BCUT2D eigenvalue weighted by atomic mass is 32.2. The van der Waals surface area contributed by atoms with Crippen LogP contribution in [0.2, 0.25) is 0 Å². The molecule has 0 aliphatic rings. The number of anilines is 1. The van der Waals surface area contributed by atoms with E-state index in [1.807, 2.05) is 32.0 Å². The van der Waals surface area contributed by atoms with E-state index in [0.29, 0.717) is 18.0 Å². The van der Waals surface area contributed by atoms with Crippen molar-refractivity contribution >= 4 is 17.4 Å². The highest BCUT2D eigenvalue weighted by molar-refractivity contribution is 8.00. The number of hydrogen-bond acceptors (Lipinski definition) is 4. The van der Waals surface area contributed by atoms with Crippen molar-refractivity contribution in [2.75, 3.05) is 18.9 Å². The molecule has 0 radical (unpaired) electrons. The van der Waals surface area contributed by atoms with E-state index in [2.05, 4.69) is 0 Å². The number of aliphatic hydroxyl groups is 1. The maximum Gasteiger partial charge on any atom is 0.143 e. The van der Waals surface area contributed by atoms with Gasteiger partial charge in [-0.2, -0.15) is 0 Å². The molecule has 4 heteroatoms. The number of nitrogens with two attached hydrogens (primary N) is 1. The monoisotopic (exact) mass is 227 g/mol. The lowest BCUT2D eigenvalue weighted by atomic mass is 10.3. The van der Waals surface area contributed by atoms with Gasteiger partial charge in [-0.25, -0.2) is 0 Å². The zero-order valence-electron chi connectivity index (χ0n) is 9.06. The number of para-hydroxylation sites is 1. The van der Waals surface area contributed by atoms with E-state index in [0.717, 1.165) is 4.90 Å². The van der Waals surface area contributed by atoms with Crippen LogP contribution < -0.4 is 10.5 Å². The van der Waals surface area contributed by atoms with Gasteiger partial charge in [0.15, 0.2) is 0 Å². The average molecular weight is 227 g/mol. The van der Waals surface area contributed by atoms with Crippen molar-refractivity contribution < 1.29 is 9.84 Å². The lowest BCUT2D eigenvalue weighted by Gasteiger charge is -2.13. The van der Waals surface area contributed by atoms with Gasteiger partial charge in [0.25, 0.3) is 0 Å². The Balaban J connectivity index is 2.84. The normalized spacial score (nSPS) is 12.5. The van der Waals surface area contributed by atoms with Gasteiger partial charge < -0.3 is 15.6 Å². The molecule has 0 aliphatic heterocycles. The van der Waals surface area contributed by atoms with Gasteiger partial charge in [0.1, 0.15) is 5.75 Å². The van der Waals surface area contributed by atoms with Crippen LogP contribution in [0.4, 0.5) is 5.69 Å². The van der Waals surface area contributed by atoms with Crippen molar-refractivity contribution in [2.45, 2.75) is 24.0 Å². The van der Waals surface area contributed by atoms with Gasteiger partial charge in [-0.05, 0) is 19.1 Å². The topological polar surface area (TPSA) is 55.5 Å². The number of benzene rings is 1. The summed E-state index contributed by atoms with van der Waals surface area (Å²) in [6.07, 6.45) is 0. The minimum Gasteiger partial charge on any atom is -0.492 e. The van der Waals surface area contributed by atoms with Crippen molar-refractivity contribution in [3.05, 3.63) is 18.2 Å². The highest BCUT2D eigenvalue weighted by Crippen LogP contribution is 2.34. The Morgan fingerprint density at radius 2 is 2.27 bits per heavy atom. The summed E-state index contributed by atoms with van der Waals surface area (Å²) < 4.78 is 5.39. The average Bonchev–Trinajstić information content (AvgIpc) is 2.24. The second-order valence-electron chi connectivity index (χ2n) is 3.21. The fraction of sp³-hybridized carbons (Fsp3) is 0.455. The van der Waals surface area contributed by atoms with Crippen LogP contribution in [0.15, 0.2) is 23.1 Å². The first-order valence-electron chi connectivity index (χ1n) is 4.97. The Morgan fingerprint density at radius 1 is 1.53 bits per heavy atom. The maximum absolute atomic E-state index is 8.97. The highest BCUT2D eigenvalue weighted by Gasteiger charge is 2.09. The largest absolute Gasteiger partial charge is 0.492 e. The van der Waals surface area contributed by atoms with Crippen LogP contribution in [0.1, 0.15) is 13.8 Å². The predicted octanol–water partition coefficient (Wildman–Crippen LogP) is 2.14. The third kappa shape index (κ3) is 3.32. The number of rotatable bonds is 5. The second-order valence-corrected chi connectivity index (χ2v) is 4.69. The molecular weight excluding hydrogens is 210 g/mol. The van der Waals surface area contributed by atoms with Gasteiger partial charge in [0.05, 0.1) is 18.9 Å². The Labute approximate surface area is 94.6 Å². The summed E-state index contributed by atoms with van der Waals surface area (Å²) in [5.41, 5.74) is 6.60. The van der Waals surface area contributed by atoms with Crippen LogP contribution >= 0.6 is 11.8 Å². The van der Waals surface area contributed by atoms with Crippen LogP contribution in [0, 0.1) is 0 Å². The van der Waals surface area contributed by atoms with Crippen LogP contribution in [0.5, 0.6) is 5.75 Å². The van der Waals surface area contributed by atoms with Crippen LogP contribution in [-0.2, 0) is 0 Å². The second kappa shape index (κ2) is 5.88. The van der Waals surface area contributed by atoms with Gasteiger partial charge in [-0.3, -0.25) is 0 Å². The fourth-order valence-electron chi connectivity index (χ4n) is 1.16. The lowest BCUT2D eigenvalue weighted by molar-refractivity contribution is 0.300. The summed E-state index contributed by atoms with van der Waals surface area (Å²) in [4.78, 5) is 0.961. The molecular formula is C11H17NO2S. The molecule has 15 heavy (non-hydrogen) atoms. The van der Waals surface area contributed by atoms with Gasteiger partial charge in [-0.15, -0.1) is 11.8 Å². The summed E-state index contributed by atoms with van der Waals surface area (Å²) in [6.45, 7) is 4.63.